The topological polar surface area (TPSA) is 0 Å². The molecule has 0 spiro atoms. The summed E-state index contributed by atoms with van der Waals surface area (Å²) in [6.07, 6.45) is 7.63. The Hall–Kier alpha value is -2.62. The molecule has 0 bridgehead atoms. The van der Waals surface area contributed by atoms with Crippen LogP contribution in [0, 0.1) is 29.2 Å². The van der Waals surface area contributed by atoms with E-state index in [1.807, 2.05) is 12.1 Å². The molecule has 3 aromatic carbocycles. The summed E-state index contributed by atoms with van der Waals surface area (Å²) >= 11 is 0. The highest BCUT2D eigenvalue weighted by Gasteiger charge is 2.26. The highest BCUT2D eigenvalue weighted by atomic mass is 19.2. The lowest BCUT2D eigenvalue weighted by Gasteiger charge is -2.29. The molecule has 0 heterocycles. The van der Waals surface area contributed by atoms with E-state index in [2.05, 4.69) is 6.92 Å². The third kappa shape index (κ3) is 5.48. The van der Waals surface area contributed by atoms with Gasteiger partial charge < -0.3 is 0 Å². The molecule has 0 N–H and O–H groups in total. The Morgan fingerprint density at radius 1 is 0.697 bits per heavy atom. The fraction of sp³-hybridized carbons (Fsp3) is 0.379. The largest absolute Gasteiger partial charge is 0.204 e. The van der Waals surface area contributed by atoms with Gasteiger partial charge in [0, 0.05) is 5.56 Å². The van der Waals surface area contributed by atoms with Crippen molar-refractivity contribution in [3.8, 4) is 11.1 Å². The van der Waals surface area contributed by atoms with Gasteiger partial charge in [-0.25, -0.2) is 17.6 Å². The van der Waals surface area contributed by atoms with Crippen LogP contribution in [0.25, 0.3) is 11.1 Å². The van der Waals surface area contributed by atoms with Gasteiger partial charge in [-0.3, -0.25) is 0 Å². The van der Waals surface area contributed by atoms with Crippen molar-refractivity contribution >= 4 is 0 Å². The van der Waals surface area contributed by atoms with Gasteiger partial charge >= 0.3 is 0 Å². The van der Waals surface area contributed by atoms with Crippen molar-refractivity contribution in [3.63, 3.8) is 0 Å². The van der Waals surface area contributed by atoms with Crippen molar-refractivity contribution in [3.05, 3.63) is 94.6 Å². The summed E-state index contributed by atoms with van der Waals surface area (Å²) in [6, 6.07) is 14.7. The van der Waals surface area contributed by atoms with Gasteiger partial charge in [-0.05, 0) is 84.7 Å². The van der Waals surface area contributed by atoms with Gasteiger partial charge in [0.2, 0.25) is 0 Å². The highest BCUT2D eigenvalue weighted by molar-refractivity contribution is 5.65. The van der Waals surface area contributed by atoms with Crippen molar-refractivity contribution in [2.75, 3.05) is 0 Å². The molecule has 0 aliphatic heterocycles. The van der Waals surface area contributed by atoms with Crippen LogP contribution in [0.5, 0.6) is 0 Å². The molecule has 0 aromatic heterocycles. The molecule has 1 fully saturated rings. The third-order valence-corrected chi connectivity index (χ3v) is 7.05. The second-order valence-corrected chi connectivity index (χ2v) is 9.28. The molecule has 0 radical (unpaired) electrons. The molecule has 0 nitrogen and oxygen atoms in total. The van der Waals surface area contributed by atoms with Crippen LogP contribution in [-0.4, -0.2) is 0 Å². The van der Waals surface area contributed by atoms with Crippen LogP contribution in [0.1, 0.15) is 68.1 Å². The zero-order valence-electron chi connectivity index (χ0n) is 19.0. The first-order chi connectivity index (χ1) is 16.0. The first-order valence-electron chi connectivity index (χ1n) is 12.0. The van der Waals surface area contributed by atoms with E-state index in [-0.39, 0.29) is 11.5 Å². The quantitative estimate of drug-likeness (QED) is 0.313. The second-order valence-electron chi connectivity index (χ2n) is 9.28. The van der Waals surface area contributed by atoms with Crippen LogP contribution < -0.4 is 0 Å². The van der Waals surface area contributed by atoms with E-state index in [0.29, 0.717) is 29.5 Å². The molecule has 4 rings (SSSR count). The van der Waals surface area contributed by atoms with Crippen LogP contribution in [-0.2, 0) is 12.8 Å². The molecule has 0 unspecified atom stereocenters. The Balaban J connectivity index is 1.43. The van der Waals surface area contributed by atoms with Crippen molar-refractivity contribution in [1.29, 1.82) is 0 Å². The van der Waals surface area contributed by atoms with Crippen molar-refractivity contribution in [1.82, 2.24) is 0 Å². The van der Waals surface area contributed by atoms with E-state index >= 15 is 0 Å². The summed E-state index contributed by atoms with van der Waals surface area (Å²) in [5.41, 5.74) is 3.11. The number of rotatable bonds is 7. The van der Waals surface area contributed by atoms with E-state index in [0.717, 1.165) is 43.2 Å². The number of aryl methyl sites for hydroxylation is 2. The third-order valence-electron chi connectivity index (χ3n) is 7.05. The van der Waals surface area contributed by atoms with Gasteiger partial charge in [-0.1, -0.05) is 62.2 Å². The van der Waals surface area contributed by atoms with E-state index in [1.165, 1.54) is 18.9 Å². The van der Waals surface area contributed by atoms with Gasteiger partial charge in [0.25, 0.3) is 0 Å². The fourth-order valence-electron chi connectivity index (χ4n) is 5.11. The van der Waals surface area contributed by atoms with Crippen LogP contribution in [0.4, 0.5) is 17.6 Å². The molecular weight excluding hydrogens is 424 g/mol. The van der Waals surface area contributed by atoms with Gasteiger partial charge in [-0.2, -0.15) is 0 Å². The minimum absolute atomic E-state index is 0.0975. The van der Waals surface area contributed by atoms with Gasteiger partial charge in [0.05, 0.1) is 0 Å². The average molecular weight is 455 g/mol. The lowest BCUT2D eigenvalue weighted by Crippen LogP contribution is -2.14. The maximum absolute atomic E-state index is 15.0. The van der Waals surface area contributed by atoms with Crippen molar-refractivity contribution in [2.45, 2.75) is 64.2 Å². The molecule has 0 atom stereocenters. The minimum Gasteiger partial charge on any atom is -0.204 e. The van der Waals surface area contributed by atoms with Gasteiger partial charge in [-0.15, -0.1) is 0 Å². The van der Waals surface area contributed by atoms with Crippen LogP contribution in [0.3, 0.4) is 0 Å². The Morgan fingerprint density at radius 3 is 2.03 bits per heavy atom. The van der Waals surface area contributed by atoms with E-state index < -0.39 is 23.3 Å². The molecular formula is C29H30F4. The zero-order chi connectivity index (χ0) is 23.4. The summed E-state index contributed by atoms with van der Waals surface area (Å²) in [4.78, 5) is 0. The van der Waals surface area contributed by atoms with E-state index in [9.17, 15) is 17.6 Å². The SMILES string of the molecule is CCCC1CCC(c2ccc(-c3ccc(CCc4ccc(F)c(F)c4)cc3)c(F)c2F)CC1. The van der Waals surface area contributed by atoms with E-state index in [4.69, 9.17) is 0 Å². The summed E-state index contributed by atoms with van der Waals surface area (Å²) < 4.78 is 56.4. The summed E-state index contributed by atoms with van der Waals surface area (Å²) in [6.45, 7) is 2.19. The van der Waals surface area contributed by atoms with Gasteiger partial charge in [0.15, 0.2) is 23.3 Å². The molecule has 0 saturated heterocycles. The Bertz CT molecular complexity index is 1080. The molecule has 1 aliphatic carbocycles. The number of benzene rings is 3. The van der Waals surface area contributed by atoms with Gasteiger partial charge in [0.1, 0.15) is 0 Å². The van der Waals surface area contributed by atoms with Crippen molar-refractivity contribution < 1.29 is 17.6 Å². The Kier molecular flexibility index (Phi) is 7.52. The number of hydrogen-bond acceptors (Lipinski definition) is 0. The van der Waals surface area contributed by atoms with Crippen LogP contribution in [0.15, 0.2) is 54.6 Å². The lowest BCUT2D eigenvalue weighted by atomic mass is 9.77. The fourth-order valence-corrected chi connectivity index (χ4v) is 5.11. The number of hydrogen-bond donors (Lipinski definition) is 0. The lowest BCUT2D eigenvalue weighted by molar-refractivity contribution is 0.303. The predicted octanol–water partition coefficient (Wildman–Crippen LogP) is 8.77. The second kappa shape index (κ2) is 10.5. The molecule has 1 saturated carbocycles. The monoisotopic (exact) mass is 454 g/mol. The molecule has 33 heavy (non-hydrogen) atoms. The first kappa shape index (κ1) is 23.5. The highest BCUT2D eigenvalue weighted by Crippen LogP contribution is 2.40. The summed E-state index contributed by atoms with van der Waals surface area (Å²) in [5, 5.41) is 0. The molecule has 0 amide bonds. The predicted molar refractivity (Wildman–Crippen MR) is 125 cm³/mol. The van der Waals surface area contributed by atoms with Crippen molar-refractivity contribution in [2.24, 2.45) is 5.92 Å². The smallest absolute Gasteiger partial charge is 0.166 e. The molecule has 3 aromatic rings. The number of halogens is 4. The van der Waals surface area contributed by atoms with E-state index in [1.54, 1.807) is 30.3 Å². The average Bonchev–Trinajstić information content (AvgIpc) is 2.83. The first-order valence-corrected chi connectivity index (χ1v) is 12.0. The molecule has 174 valence electrons. The maximum atomic E-state index is 15.0. The normalized spacial score (nSPS) is 18.5. The summed E-state index contributed by atoms with van der Waals surface area (Å²) in [5.74, 6) is -2.38. The minimum atomic E-state index is -0.854. The molecule has 1 aliphatic rings. The van der Waals surface area contributed by atoms with Crippen LogP contribution in [0.2, 0.25) is 0 Å². The molecule has 4 heteroatoms. The summed E-state index contributed by atoms with van der Waals surface area (Å²) in [7, 11) is 0. The van der Waals surface area contributed by atoms with Crippen LogP contribution >= 0.6 is 0 Å². The zero-order valence-corrected chi connectivity index (χ0v) is 19.0. The Morgan fingerprint density at radius 2 is 1.36 bits per heavy atom. The maximum Gasteiger partial charge on any atom is 0.166 e. The standard InChI is InChI=1S/C29H30F4/c1-2-3-19-6-11-22(12-7-19)24-15-16-25(29(33)28(24)32)23-13-8-20(9-14-23)4-5-21-10-17-26(30)27(31)18-21/h8-10,13-19,22H,2-7,11-12H2,1H3. The Labute approximate surface area is 193 Å².